The lowest BCUT2D eigenvalue weighted by Crippen LogP contribution is -2.23. The van der Waals surface area contributed by atoms with Crippen LogP contribution in [0.5, 0.6) is 5.88 Å². The Kier molecular flexibility index (Phi) is 4.01. The van der Waals surface area contributed by atoms with Gasteiger partial charge < -0.3 is 4.74 Å². The summed E-state index contributed by atoms with van der Waals surface area (Å²) < 4.78 is 34.0. The summed E-state index contributed by atoms with van der Waals surface area (Å²) in [5, 5.41) is 0.0435. The minimum atomic E-state index is -3.61. The number of aromatic nitrogens is 2. The van der Waals surface area contributed by atoms with Crippen molar-refractivity contribution in [3.05, 3.63) is 24.0 Å². The van der Waals surface area contributed by atoms with Crippen LogP contribution in [0.3, 0.4) is 0 Å². The van der Waals surface area contributed by atoms with Crippen molar-refractivity contribution in [3.8, 4) is 5.88 Å². The molecule has 1 N–H and O–H groups in total. The van der Waals surface area contributed by atoms with E-state index in [1.54, 1.807) is 36.6 Å². The number of ether oxygens (including phenoxy) is 1. The molecule has 0 unspecified atom stereocenters. The maximum absolute atomic E-state index is 12.3. The lowest BCUT2D eigenvalue weighted by Gasteiger charge is -2.08. The molecule has 0 bridgehead atoms. The summed E-state index contributed by atoms with van der Waals surface area (Å²) >= 11 is 0. The summed E-state index contributed by atoms with van der Waals surface area (Å²) in [6, 6.07) is 5.26. The van der Waals surface area contributed by atoms with Crippen LogP contribution >= 0.6 is 0 Å². The van der Waals surface area contributed by atoms with Gasteiger partial charge in [0.2, 0.25) is 0 Å². The zero-order valence-electron chi connectivity index (χ0n) is 12.0. The molecule has 2 rings (SSSR count). The van der Waals surface area contributed by atoms with E-state index in [4.69, 9.17) is 4.74 Å². The highest BCUT2D eigenvalue weighted by atomic mass is 32.2. The van der Waals surface area contributed by atoms with Crippen LogP contribution in [0.25, 0.3) is 5.52 Å². The van der Waals surface area contributed by atoms with Gasteiger partial charge in [-0.25, -0.2) is 18.1 Å². The lowest BCUT2D eigenvalue weighted by molar-refractivity contribution is 0.389. The van der Waals surface area contributed by atoms with Gasteiger partial charge in [-0.15, -0.1) is 0 Å². The van der Waals surface area contributed by atoms with E-state index >= 15 is 0 Å². The number of nitrogens with zero attached hydrogens (tertiary/aromatic N) is 2. The molecular formula is C13H19N3O3S. The van der Waals surface area contributed by atoms with Crippen molar-refractivity contribution in [2.24, 2.45) is 0 Å². The number of fused-ring (bicyclic) bond motifs is 1. The number of pyridine rings is 1. The monoisotopic (exact) mass is 297 g/mol. The summed E-state index contributed by atoms with van der Waals surface area (Å²) in [7, 11) is -2.06. The van der Waals surface area contributed by atoms with Crippen LogP contribution in [0.2, 0.25) is 0 Å². The molecule has 0 aromatic carbocycles. The fourth-order valence-electron chi connectivity index (χ4n) is 2.11. The highest BCUT2D eigenvalue weighted by Crippen LogP contribution is 2.27. The van der Waals surface area contributed by atoms with Gasteiger partial charge in [0.1, 0.15) is 5.82 Å². The SMILES string of the molecule is CCNS(=O)(=O)c1nc(C(C)C)n2c(OC)cccc12. The van der Waals surface area contributed by atoms with Gasteiger partial charge in [0, 0.05) is 12.5 Å². The summed E-state index contributed by atoms with van der Waals surface area (Å²) in [5.74, 6) is 1.30. The Balaban J connectivity index is 2.82. The molecule has 20 heavy (non-hydrogen) atoms. The third-order valence-corrected chi connectivity index (χ3v) is 4.41. The van der Waals surface area contributed by atoms with Gasteiger partial charge in [-0.3, -0.25) is 4.40 Å². The van der Waals surface area contributed by atoms with Crippen molar-refractivity contribution in [1.29, 1.82) is 0 Å². The van der Waals surface area contributed by atoms with Gasteiger partial charge in [-0.2, -0.15) is 0 Å². The van der Waals surface area contributed by atoms with E-state index in [1.807, 2.05) is 13.8 Å². The third kappa shape index (κ3) is 2.38. The van der Waals surface area contributed by atoms with E-state index in [0.717, 1.165) is 0 Å². The summed E-state index contributed by atoms with van der Waals surface area (Å²) in [6.45, 7) is 5.98. The molecule has 0 aliphatic heterocycles. The second kappa shape index (κ2) is 5.41. The first-order chi connectivity index (χ1) is 9.42. The van der Waals surface area contributed by atoms with E-state index in [9.17, 15) is 8.42 Å². The lowest BCUT2D eigenvalue weighted by atomic mass is 10.2. The van der Waals surface area contributed by atoms with Crippen molar-refractivity contribution < 1.29 is 13.2 Å². The van der Waals surface area contributed by atoms with E-state index in [2.05, 4.69) is 9.71 Å². The predicted molar refractivity (Wildman–Crippen MR) is 76.7 cm³/mol. The molecule has 0 radical (unpaired) electrons. The van der Waals surface area contributed by atoms with Crippen molar-refractivity contribution in [1.82, 2.24) is 14.1 Å². The number of rotatable bonds is 5. The molecule has 7 heteroatoms. The molecule has 2 aromatic rings. The molecule has 0 saturated heterocycles. The predicted octanol–water partition coefficient (Wildman–Crippen LogP) is 1.76. The second-order valence-corrected chi connectivity index (χ2v) is 6.40. The van der Waals surface area contributed by atoms with E-state index < -0.39 is 10.0 Å². The van der Waals surface area contributed by atoms with E-state index in [0.29, 0.717) is 23.8 Å². The first-order valence-electron chi connectivity index (χ1n) is 6.47. The van der Waals surface area contributed by atoms with E-state index in [1.165, 1.54) is 0 Å². The summed E-state index contributed by atoms with van der Waals surface area (Å²) in [5.41, 5.74) is 0.522. The largest absolute Gasteiger partial charge is 0.482 e. The Morgan fingerprint density at radius 2 is 2.10 bits per heavy atom. The first-order valence-corrected chi connectivity index (χ1v) is 7.95. The molecule has 0 spiro atoms. The van der Waals surface area contributed by atoms with Crippen LogP contribution in [0.1, 0.15) is 32.5 Å². The van der Waals surface area contributed by atoms with Gasteiger partial charge in [-0.05, 0) is 12.1 Å². The second-order valence-electron chi connectivity index (χ2n) is 4.72. The standard InChI is InChI=1S/C13H19N3O3S/c1-5-14-20(17,18)13-10-7-6-8-11(19-4)16(10)12(15-13)9(2)3/h6-9,14H,5H2,1-4H3. The fourth-order valence-corrected chi connectivity index (χ4v) is 3.27. The quantitative estimate of drug-likeness (QED) is 0.913. The molecular weight excluding hydrogens is 278 g/mol. The molecule has 110 valence electrons. The smallest absolute Gasteiger partial charge is 0.260 e. The van der Waals surface area contributed by atoms with Gasteiger partial charge in [0.05, 0.1) is 12.6 Å². The van der Waals surface area contributed by atoms with Gasteiger partial charge in [0.15, 0.2) is 10.9 Å². The molecule has 2 aromatic heterocycles. The van der Waals surface area contributed by atoms with Crippen molar-refractivity contribution in [2.75, 3.05) is 13.7 Å². The van der Waals surface area contributed by atoms with Crippen LogP contribution in [0.15, 0.2) is 23.2 Å². The number of sulfonamides is 1. The first kappa shape index (κ1) is 14.8. The molecule has 0 fully saturated rings. The molecule has 0 saturated carbocycles. The number of nitrogens with one attached hydrogen (secondary N) is 1. The number of hydrogen-bond donors (Lipinski definition) is 1. The van der Waals surface area contributed by atoms with Gasteiger partial charge in [-0.1, -0.05) is 26.8 Å². The average molecular weight is 297 g/mol. The third-order valence-electron chi connectivity index (χ3n) is 2.93. The molecule has 0 atom stereocenters. The average Bonchev–Trinajstić information content (AvgIpc) is 2.78. The number of methoxy groups -OCH3 is 1. The minimum Gasteiger partial charge on any atom is -0.482 e. The van der Waals surface area contributed by atoms with Crippen LogP contribution in [0, 0.1) is 0 Å². The molecule has 0 amide bonds. The van der Waals surface area contributed by atoms with Crippen LogP contribution in [0.4, 0.5) is 0 Å². The highest BCUT2D eigenvalue weighted by Gasteiger charge is 2.25. The zero-order chi connectivity index (χ0) is 14.9. The van der Waals surface area contributed by atoms with Crippen LogP contribution in [-0.4, -0.2) is 31.5 Å². The van der Waals surface area contributed by atoms with Crippen LogP contribution < -0.4 is 9.46 Å². The van der Waals surface area contributed by atoms with Gasteiger partial charge >= 0.3 is 0 Å². The summed E-state index contributed by atoms with van der Waals surface area (Å²) in [6.07, 6.45) is 0. The molecule has 0 aliphatic carbocycles. The van der Waals surface area contributed by atoms with Crippen molar-refractivity contribution in [2.45, 2.75) is 31.7 Å². The Hall–Kier alpha value is -1.60. The zero-order valence-corrected chi connectivity index (χ0v) is 12.9. The Bertz CT molecular complexity index is 720. The van der Waals surface area contributed by atoms with Crippen LogP contribution in [-0.2, 0) is 10.0 Å². The van der Waals surface area contributed by atoms with Crippen molar-refractivity contribution >= 4 is 15.5 Å². The van der Waals surface area contributed by atoms with Gasteiger partial charge in [0.25, 0.3) is 10.0 Å². The minimum absolute atomic E-state index is 0.0435. The topological polar surface area (TPSA) is 72.7 Å². The fraction of sp³-hybridized carbons (Fsp3) is 0.462. The Morgan fingerprint density at radius 1 is 1.40 bits per heavy atom. The summed E-state index contributed by atoms with van der Waals surface area (Å²) in [4.78, 5) is 4.32. The molecule has 2 heterocycles. The van der Waals surface area contributed by atoms with E-state index in [-0.39, 0.29) is 10.9 Å². The number of hydrogen-bond acceptors (Lipinski definition) is 4. The maximum Gasteiger partial charge on any atom is 0.260 e. The Labute approximate surface area is 118 Å². The molecule has 6 nitrogen and oxygen atoms in total. The number of imidazole rings is 1. The highest BCUT2D eigenvalue weighted by molar-refractivity contribution is 7.89. The molecule has 0 aliphatic rings. The normalized spacial score (nSPS) is 12.2. The maximum atomic E-state index is 12.3. The van der Waals surface area contributed by atoms with Crippen molar-refractivity contribution in [3.63, 3.8) is 0 Å². The Morgan fingerprint density at radius 3 is 2.65 bits per heavy atom.